The van der Waals surface area contributed by atoms with Gasteiger partial charge in [0.15, 0.2) is 0 Å². The molecule has 126 valence electrons. The topological polar surface area (TPSA) is 32.7 Å². The van der Waals surface area contributed by atoms with E-state index in [1.807, 2.05) is 24.9 Å². The number of halogens is 2. The van der Waals surface area contributed by atoms with Crippen molar-refractivity contribution in [2.45, 2.75) is 38.9 Å². The summed E-state index contributed by atoms with van der Waals surface area (Å²) in [7, 11) is 1.90. The Morgan fingerprint density at radius 1 is 1.35 bits per heavy atom. The van der Waals surface area contributed by atoms with Gasteiger partial charge in [0.25, 0.3) is 0 Å². The minimum Gasteiger partial charge on any atom is -0.433 e. The molecule has 2 rings (SSSR count). The fourth-order valence-corrected chi connectivity index (χ4v) is 2.52. The van der Waals surface area contributed by atoms with E-state index in [-0.39, 0.29) is 11.9 Å². The van der Waals surface area contributed by atoms with Gasteiger partial charge in [0.1, 0.15) is 5.75 Å². The van der Waals surface area contributed by atoms with Crippen LogP contribution in [0.15, 0.2) is 48.2 Å². The first-order chi connectivity index (χ1) is 10.7. The van der Waals surface area contributed by atoms with E-state index < -0.39 is 6.11 Å². The van der Waals surface area contributed by atoms with E-state index in [1.165, 1.54) is 12.1 Å². The molecule has 0 unspecified atom stereocenters. The molecule has 0 amide bonds. The molecule has 0 bridgehead atoms. The Morgan fingerprint density at radius 3 is 2.39 bits per heavy atom. The van der Waals surface area contributed by atoms with Crippen LogP contribution in [0.25, 0.3) is 0 Å². The fourth-order valence-electron chi connectivity index (χ4n) is 2.52. The standard InChI is InChI=1S/C18H23F2NO2/c1-12(14-10-16(22)11-14)9-13(2)21(4)15-5-7-17(8-6-15)23-18(3,19)20/h5-9,14,16,22H,1,10-11H2,2-4H3/b13-9-. The number of nitrogens with zero attached hydrogens (tertiary/aromatic N) is 1. The third-order valence-corrected chi connectivity index (χ3v) is 4.08. The Kier molecular flexibility index (Phi) is 5.09. The van der Waals surface area contributed by atoms with E-state index in [4.69, 9.17) is 0 Å². The molecule has 5 heteroatoms. The third-order valence-electron chi connectivity index (χ3n) is 4.08. The summed E-state index contributed by atoms with van der Waals surface area (Å²) >= 11 is 0. The Hall–Kier alpha value is -1.88. The molecule has 23 heavy (non-hydrogen) atoms. The van der Waals surface area contributed by atoms with Crippen LogP contribution < -0.4 is 9.64 Å². The summed E-state index contributed by atoms with van der Waals surface area (Å²) in [5, 5.41) is 9.36. The van der Waals surface area contributed by atoms with Crippen molar-refractivity contribution in [2.75, 3.05) is 11.9 Å². The minimum atomic E-state index is -3.19. The summed E-state index contributed by atoms with van der Waals surface area (Å²) < 4.78 is 30.1. The van der Waals surface area contributed by atoms with Gasteiger partial charge < -0.3 is 14.7 Å². The third kappa shape index (κ3) is 4.79. The maximum atomic E-state index is 12.8. The highest BCUT2D eigenvalue weighted by atomic mass is 19.3. The van der Waals surface area contributed by atoms with Crippen LogP contribution in [0.4, 0.5) is 14.5 Å². The van der Waals surface area contributed by atoms with Gasteiger partial charge in [-0.1, -0.05) is 12.2 Å². The molecule has 1 aromatic rings. The summed E-state index contributed by atoms with van der Waals surface area (Å²) in [6.07, 6.45) is 0.148. The molecule has 1 N–H and O–H groups in total. The number of hydrogen-bond acceptors (Lipinski definition) is 3. The van der Waals surface area contributed by atoms with E-state index in [2.05, 4.69) is 11.3 Å². The van der Waals surface area contributed by atoms with E-state index >= 15 is 0 Å². The molecule has 1 aromatic carbocycles. The maximum absolute atomic E-state index is 12.8. The van der Waals surface area contributed by atoms with Crippen LogP contribution >= 0.6 is 0 Å². The monoisotopic (exact) mass is 323 g/mol. The second-order valence-corrected chi connectivity index (χ2v) is 6.15. The number of rotatable bonds is 6. The number of alkyl halides is 2. The highest BCUT2D eigenvalue weighted by molar-refractivity contribution is 5.53. The van der Waals surface area contributed by atoms with Gasteiger partial charge in [0.2, 0.25) is 0 Å². The zero-order chi connectivity index (χ0) is 17.2. The summed E-state index contributed by atoms with van der Waals surface area (Å²) in [6.45, 7) is 6.74. The molecule has 3 nitrogen and oxygen atoms in total. The number of ether oxygens (including phenoxy) is 1. The number of allylic oxidation sites excluding steroid dienone is 3. The molecule has 1 aliphatic carbocycles. The molecular formula is C18H23F2NO2. The van der Waals surface area contributed by atoms with Gasteiger partial charge in [-0.15, -0.1) is 0 Å². The first-order valence-electron chi connectivity index (χ1n) is 7.61. The minimum absolute atomic E-state index is 0.129. The number of benzene rings is 1. The predicted molar refractivity (Wildman–Crippen MR) is 87.7 cm³/mol. The number of aliphatic hydroxyl groups excluding tert-OH is 1. The molecular weight excluding hydrogens is 300 g/mol. The molecule has 0 aliphatic heterocycles. The normalized spacial score (nSPS) is 21.6. The molecule has 0 atom stereocenters. The van der Waals surface area contributed by atoms with E-state index in [0.717, 1.165) is 29.8 Å². The van der Waals surface area contributed by atoms with Crippen molar-refractivity contribution in [1.82, 2.24) is 0 Å². The van der Waals surface area contributed by atoms with Crippen molar-refractivity contribution in [3.8, 4) is 5.75 Å². The van der Waals surface area contributed by atoms with Crippen LogP contribution in [0.1, 0.15) is 26.7 Å². The van der Waals surface area contributed by atoms with Gasteiger partial charge in [-0.25, -0.2) is 0 Å². The summed E-state index contributed by atoms with van der Waals surface area (Å²) in [5.74, 6) is 0.472. The lowest BCUT2D eigenvalue weighted by atomic mass is 9.77. The molecule has 0 spiro atoms. The molecule has 1 saturated carbocycles. The number of anilines is 1. The summed E-state index contributed by atoms with van der Waals surface area (Å²) in [5.41, 5.74) is 2.86. The van der Waals surface area contributed by atoms with Gasteiger partial charge in [-0.2, -0.15) is 8.78 Å². The van der Waals surface area contributed by atoms with Gasteiger partial charge in [0.05, 0.1) is 6.10 Å². The second kappa shape index (κ2) is 6.71. The lowest BCUT2D eigenvalue weighted by Crippen LogP contribution is -2.29. The van der Waals surface area contributed by atoms with Crippen molar-refractivity contribution in [3.05, 3.63) is 48.2 Å². The second-order valence-electron chi connectivity index (χ2n) is 6.15. The van der Waals surface area contributed by atoms with Crippen LogP contribution in [-0.4, -0.2) is 24.4 Å². The van der Waals surface area contributed by atoms with Gasteiger partial charge in [0, 0.05) is 25.4 Å². The van der Waals surface area contributed by atoms with Crippen LogP contribution in [0.3, 0.4) is 0 Å². The Labute approximate surface area is 135 Å². The van der Waals surface area contributed by atoms with Crippen LogP contribution in [0, 0.1) is 5.92 Å². The quantitative estimate of drug-likeness (QED) is 0.790. The molecule has 1 aliphatic rings. The van der Waals surface area contributed by atoms with E-state index in [9.17, 15) is 13.9 Å². The molecule has 0 heterocycles. The first-order valence-corrected chi connectivity index (χ1v) is 7.61. The Morgan fingerprint density at radius 2 is 1.91 bits per heavy atom. The first kappa shape index (κ1) is 17.5. The maximum Gasteiger partial charge on any atom is 0.394 e. The molecule has 1 fully saturated rings. The van der Waals surface area contributed by atoms with Crippen LogP contribution in [0.5, 0.6) is 5.75 Å². The highest BCUT2D eigenvalue weighted by Gasteiger charge is 2.28. The predicted octanol–water partition coefficient (Wildman–Crippen LogP) is 4.35. The summed E-state index contributed by atoms with van der Waals surface area (Å²) in [4.78, 5) is 1.95. The van der Waals surface area contributed by atoms with E-state index in [0.29, 0.717) is 12.8 Å². The van der Waals surface area contributed by atoms with Gasteiger partial charge in [-0.05, 0) is 56.0 Å². The van der Waals surface area contributed by atoms with Crippen molar-refractivity contribution in [3.63, 3.8) is 0 Å². The van der Waals surface area contributed by atoms with Crippen LogP contribution in [-0.2, 0) is 0 Å². The van der Waals surface area contributed by atoms with E-state index in [1.54, 1.807) is 12.1 Å². The average molecular weight is 323 g/mol. The van der Waals surface area contributed by atoms with Gasteiger partial charge >= 0.3 is 6.11 Å². The zero-order valence-electron chi connectivity index (χ0n) is 13.7. The zero-order valence-corrected chi connectivity index (χ0v) is 13.7. The fraction of sp³-hybridized carbons (Fsp3) is 0.444. The number of aliphatic hydroxyl groups is 1. The van der Waals surface area contributed by atoms with Gasteiger partial charge in [-0.3, -0.25) is 0 Å². The SMILES string of the molecule is C=C(/C=C(/C)N(C)c1ccc(OC(C)(F)F)cc1)C1CC(O)C1. The van der Waals surface area contributed by atoms with Crippen molar-refractivity contribution in [1.29, 1.82) is 0 Å². The largest absolute Gasteiger partial charge is 0.433 e. The van der Waals surface area contributed by atoms with Crippen molar-refractivity contribution >= 4 is 5.69 Å². The smallest absolute Gasteiger partial charge is 0.394 e. The average Bonchev–Trinajstić information content (AvgIpc) is 2.42. The van der Waals surface area contributed by atoms with Crippen molar-refractivity contribution < 1.29 is 18.6 Å². The summed E-state index contributed by atoms with van der Waals surface area (Å²) in [6, 6.07) is 6.50. The Balaban J connectivity index is 2.01. The molecule has 0 saturated heterocycles. The molecule has 0 radical (unpaired) electrons. The van der Waals surface area contributed by atoms with Crippen LogP contribution in [0.2, 0.25) is 0 Å². The number of hydrogen-bond donors (Lipinski definition) is 1. The van der Waals surface area contributed by atoms with Crippen molar-refractivity contribution in [2.24, 2.45) is 5.92 Å². The molecule has 0 aromatic heterocycles. The lowest BCUT2D eigenvalue weighted by molar-refractivity contribution is -0.158. The lowest BCUT2D eigenvalue weighted by Gasteiger charge is -2.32. The Bertz CT molecular complexity index is 584. The highest BCUT2D eigenvalue weighted by Crippen LogP contribution is 2.34.